The van der Waals surface area contributed by atoms with Crippen molar-refractivity contribution in [3.05, 3.63) is 59.4 Å². The number of fused-ring (bicyclic) bond motifs is 1. The van der Waals surface area contributed by atoms with Crippen LogP contribution in [0.1, 0.15) is 85.3 Å². The molecule has 2 aromatic rings. The van der Waals surface area contributed by atoms with E-state index in [1.54, 1.807) is 0 Å². The van der Waals surface area contributed by atoms with Gasteiger partial charge in [0.15, 0.2) is 0 Å². The predicted octanol–water partition coefficient (Wildman–Crippen LogP) is 4.90. The Labute approximate surface area is 214 Å². The van der Waals surface area contributed by atoms with E-state index in [1.165, 1.54) is 24.1 Å². The first kappa shape index (κ1) is 23.5. The van der Waals surface area contributed by atoms with Crippen LogP contribution in [0, 0.1) is 11.3 Å². The molecular weight excluding hydrogens is 448 g/mol. The molecule has 3 fully saturated rings. The molecule has 6 heteroatoms. The highest BCUT2D eigenvalue weighted by atomic mass is 16.2. The molecule has 1 spiro atoms. The number of aryl methyl sites for hydroxylation is 1. The molecule has 1 saturated carbocycles. The van der Waals surface area contributed by atoms with Crippen LogP contribution < -0.4 is 10.2 Å². The number of benzene rings is 1. The molecule has 4 aliphatic rings. The molecule has 2 amide bonds. The fourth-order valence-corrected chi connectivity index (χ4v) is 7.02. The van der Waals surface area contributed by atoms with E-state index in [4.69, 9.17) is 0 Å². The summed E-state index contributed by atoms with van der Waals surface area (Å²) in [5.41, 5.74) is 4.77. The zero-order valence-electron chi connectivity index (χ0n) is 21.3. The van der Waals surface area contributed by atoms with Gasteiger partial charge in [-0.2, -0.15) is 0 Å². The monoisotopic (exact) mass is 486 g/mol. The zero-order valence-corrected chi connectivity index (χ0v) is 21.3. The molecule has 1 N–H and O–H groups in total. The van der Waals surface area contributed by atoms with Gasteiger partial charge >= 0.3 is 0 Å². The number of nitrogens with one attached hydrogen (secondary N) is 1. The van der Waals surface area contributed by atoms with E-state index in [0.717, 1.165) is 88.7 Å². The lowest BCUT2D eigenvalue weighted by molar-refractivity contribution is -0.126. The van der Waals surface area contributed by atoms with E-state index in [2.05, 4.69) is 39.5 Å². The number of carbonyl (C=O) groups excluding carboxylic acids is 2. The first-order valence-corrected chi connectivity index (χ1v) is 14.0. The highest BCUT2D eigenvalue weighted by molar-refractivity contribution is 5.94. The van der Waals surface area contributed by atoms with Gasteiger partial charge in [0.1, 0.15) is 0 Å². The Morgan fingerprint density at radius 3 is 2.44 bits per heavy atom. The number of anilines is 1. The smallest absolute Gasteiger partial charge is 0.253 e. The van der Waals surface area contributed by atoms with Gasteiger partial charge in [-0.05, 0) is 85.8 Å². The van der Waals surface area contributed by atoms with E-state index in [0.29, 0.717) is 5.41 Å². The van der Waals surface area contributed by atoms with Gasteiger partial charge in [0.05, 0.1) is 6.04 Å². The lowest BCUT2D eigenvalue weighted by atomic mass is 9.77. The summed E-state index contributed by atoms with van der Waals surface area (Å²) < 4.78 is 0. The third kappa shape index (κ3) is 4.62. The van der Waals surface area contributed by atoms with Crippen molar-refractivity contribution in [3.8, 4) is 0 Å². The molecule has 36 heavy (non-hydrogen) atoms. The van der Waals surface area contributed by atoms with Crippen LogP contribution in [-0.4, -0.2) is 47.9 Å². The molecular formula is C30H38N4O2. The molecule has 2 aliphatic carbocycles. The zero-order chi connectivity index (χ0) is 24.5. The summed E-state index contributed by atoms with van der Waals surface area (Å²) in [4.78, 5) is 35.0. The molecule has 1 aromatic carbocycles. The fourth-order valence-electron chi connectivity index (χ4n) is 7.02. The Kier molecular flexibility index (Phi) is 6.44. The second-order valence-electron chi connectivity index (χ2n) is 11.5. The van der Waals surface area contributed by atoms with Crippen molar-refractivity contribution in [2.75, 3.05) is 31.1 Å². The molecule has 2 aliphatic heterocycles. The molecule has 2 saturated heterocycles. The van der Waals surface area contributed by atoms with Crippen LogP contribution >= 0.6 is 0 Å². The largest absolute Gasteiger partial charge is 0.371 e. The van der Waals surface area contributed by atoms with Crippen molar-refractivity contribution in [2.24, 2.45) is 11.3 Å². The first-order valence-electron chi connectivity index (χ1n) is 14.0. The van der Waals surface area contributed by atoms with Crippen molar-refractivity contribution < 1.29 is 9.59 Å². The molecule has 1 unspecified atom stereocenters. The second kappa shape index (κ2) is 9.87. The predicted molar refractivity (Wildman–Crippen MR) is 141 cm³/mol. The van der Waals surface area contributed by atoms with Gasteiger partial charge in [-0.15, -0.1) is 0 Å². The number of carbonyl (C=O) groups is 2. The Morgan fingerprint density at radius 2 is 1.67 bits per heavy atom. The number of hydrogen-bond donors (Lipinski definition) is 1. The lowest BCUT2D eigenvalue weighted by Crippen LogP contribution is -2.44. The molecule has 6 rings (SSSR count). The minimum Gasteiger partial charge on any atom is -0.371 e. The van der Waals surface area contributed by atoms with Gasteiger partial charge in [0, 0.05) is 55.7 Å². The Balaban J connectivity index is 1.08. The number of aromatic nitrogens is 1. The molecule has 0 radical (unpaired) electrons. The Hall–Kier alpha value is -2.89. The number of likely N-dealkylation sites (tertiary alicyclic amines) is 1. The quantitative estimate of drug-likeness (QED) is 0.668. The van der Waals surface area contributed by atoms with Crippen LogP contribution in [0.3, 0.4) is 0 Å². The van der Waals surface area contributed by atoms with Gasteiger partial charge in [0.25, 0.3) is 5.91 Å². The molecule has 0 bridgehead atoms. The van der Waals surface area contributed by atoms with Crippen LogP contribution in [0.25, 0.3) is 0 Å². The van der Waals surface area contributed by atoms with Crippen LogP contribution in [0.15, 0.2) is 42.7 Å². The Morgan fingerprint density at radius 1 is 0.917 bits per heavy atom. The van der Waals surface area contributed by atoms with Crippen LogP contribution in [0.2, 0.25) is 0 Å². The van der Waals surface area contributed by atoms with Gasteiger partial charge in [-0.25, -0.2) is 0 Å². The van der Waals surface area contributed by atoms with Crippen molar-refractivity contribution in [3.63, 3.8) is 0 Å². The van der Waals surface area contributed by atoms with E-state index in [1.807, 2.05) is 23.4 Å². The summed E-state index contributed by atoms with van der Waals surface area (Å²) in [6, 6.07) is 10.4. The Bertz CT molecular complexity index is 1100. The van der Waals surface area contributed by atoms with Crippen LogP contribution in [0.5, 0.6) is 0 Å². The van der Waals surface area contributed by atoms with Crippen LogP contribution in [-0.2, 0) is 11.2 Å². The van der Waals surface area contributed by atoms with E-state index >= 15 is 0 Å². The number of hydrogen-bond acceptors (Lipinski definition) is 4. The third-order valence-corrected chi connectivity index (χ3v) is 9.34. The lowest BCUT2D eigenvalue weighted by Gasteiger charge is -2.39. The molecule has 1 atom stereocenters. The maximum atomic E-state index is 13.5. The van der Waals surface area contributed by atoms with Gasteiger partial charge in [-0.1, -0.05) is 25.3 Å². The number of piperidine rings is 1. The average molecular weight is 487 g/mol. The maximum Gasteiger partial charge on any atom is 0.253 e. The minimum atomic E-state index is 0.0458. The second-order valence-corrected chi connectivity index (χ2v) is 11.5. The van der Waals surface area contributed by atoms with Crippen LogP contribution in [0.4, 0.5) is 5.69 Å². The summed E-state index contributed by atoms with van der Waals surface area (Å²) in [7, 11) is 0. The number of pyridine rings is 1. The SMILES string of the molecule is O=C(NC1CCc2ccc(C(=O)N3CCC4(CC3)CCN(c3ccncc3)C4)cc21)C1CCCCC1. The standard InChI is InChI=1S/C30H38N4O2/c35-28(23-4-2-1-3-5-23)32-27-9-8-22-6-7-24(20-26(22)27)29(36)33-17-12-30(13-18-33)14-19-34(21-30)25-10-15-31-16-11-25/h6-7,10-11,15-16,20,23,27H,1-5,8-9,12-14,17-19,21H2,(H,32,35). The molecule has 3 heterocycles. The minimum absolute atomic E-state index is 0.0458. The maximum absolute atomic E-state index is 13.5. The number of amides is 2. The van der Waals surface area contributed by atoms with E-state index < -0.39 is 0 Å². The topological polar surface area (TPSA) is 65.5 Å². The van der Waals surface area contributed by atoms with Crippen molar-refractivity contribution >= 4 is 17.5 Å². The fraction of sp³-hybridized carbons (Fsp3) is 0.567. The van der Waals surface area contributed by atoms with Gasteiger partial charge in [-0.3, -0.25) is 14.6 Å². The number of nitrogens with zero attached hydrogens (tertiary/aromatic N) is 3. The summed E-state index contributed by atoms with van der Waals surface area (Å²) in [5, 5.41) is 3.33. The molecule has 1 aromatic heterocycles. The average Bonchev–Trinajstić information content (AvgIpc) is 3.54. The highest BCUT2D eigenvalue weighted by Crippen LogP contribution is 2.42. The summed E-state index contributed by atoms with van der Waals surface area (Å²) >= 11 is 0. The van der Waals surface area contributed by atoms with Crippen molar-refractivity contribution in [1.29, 1.82) is 0 Å². The van der Waals surface area contributed by atoms with E-state index in [-0.39, 0.29) is 23.8 Å². The first-order chi connectivity index (χ1) is 17.6. The van der Waals surface area contributed by atoms with Gasteiger partial charge < -0.3 is 15.1 Å². The van der Waals surface area contributed by atoms with Crippen molar-refractivity contribution in [2.45, 2.75) is 70.3 Å². The highest BCUT2D eigenvalue weighted by Gasteiger charge is 2.41. The third-order valence-electron chi connectivity index (χ3n) is 9.34. The molecule has 190 valence electrons. The van der Waals surface area contributed by atoms with Crippen molar-refractivity contribution in [1.82, 2.24) is 15.2 Å². The summed E-state index contributed by atoms with van der Waals surface area (Å²) in [6.45, 7) is 3.79. The normalized spacial score (nSPS) is 23.6. The van der Waals surface area contributed by atoms with Gasteiger partial charge in [0.2, 0.25) is 5.91 Å². The summed E-state index contributed by atoms with van der Waals surface area (Å²) in [5.74, 6) is 0.516. The molecule has 6 nitrogen and oxygen atoms in total. The summed E-state index contributed by atoms with van der Waals surface area (Å²) in [6.07, 6.45) is 14.6. The number of rotatable bonds is 4. The van der Waals surface area contributed by atoms with E-state index in [9.17, 15) is 9.59 Å².